The van der Waals surface area contributed by atoms with Crippen molar-refractivity contribution < 1.29 is 5.11 Å². The van der Waals surface area contributed by atoms with Crippen LogP contribution in [0.25, 0.3) is 0 Å². The summed E-state index contributed by atoms with van der Waals surface area (Å²) in [5, 5.41) is 12.2. The van der Waals surface area contributed by atoms with Crippen LogP contribution in [0.3, 0.4) is 0 Å². The highest BCUT2D eigenvalue weighted by molar-refractivity contribution is 4.88. The van der Waals surface area contributed by atoms with Crippen molar-refractivity contribution in [3.63, 3.8) is 0 Å². The van der Waals surface area contributed by atoms with Gasteiger partial charge in [-0.2, -0.15) is 0 Å². The summed E-state index contributed by atoms with van der Waals surface area (Å²) in [4.78, 5) is 2.59. The Kier molecular flexibility index (Phi) is 4.00. The van der Waals surface area contributed by atoms with Crippen LogP contribution in [0.1, 0.15) is 25.7 Å². The number of hydrogen-bond acceptors (Lipinski definition) is 3. The fraction of sp³-hybridized carbons (Fsp3) is 1.00. The van der Waals surface area contributed by atoms with Crippen LogP contribution < -0.4 is 5.32 Å². The molecule has 2 rings (SSSR count). The van der Waals surface area contributed by atoms with Gasteiger partial charge in [0.05, 0.1) is 6.61 Å². The van der Waals surface area contributed by atoms with Crippen molar-refractivity contribution >= 4 is 0 Å². The van der Waals surface area contributed by atoms with Gasteiger partial charge >= 0.3 is 0 Å². The summed E-state index contributed by atoms with van der Waals surface area (Å²) in [5.41, 5.74) is 0. The van der Waals surface area contributed by atoms with E-state index in [1.807, 2.05) is 7.05 Å². The number of aliphatic hydroxyl groups is 1. The van der Waals surface area contributed by atoms with E-state index in [1.54, 1.807) is 0 Å². The lowest BCUT2D eigenvalue weighted by Crippen LogP contribution is -2.34. The summed E-state index contributed by atoms with van der Waals surface area (Å²) in [7, 11) is 1.93. The first-order valence-corrected chi connectivity index (χ1v) is 6.34. The molecule has 88 valence electrons. The van der Waals surface area contributed by atoms with Crippen molar-refractivity contribution in [3.05, 3.63) is 0 Å². The summed E-state index contributed by atoms with van der Waals surface area (Å²) in [6.45, 7) is 4.04. The molecule has 0 radical (unpaired) electrons. The van der Waals surface area contributed by atoms with Crippen LogP contribution in [0.15, 0.2) is 0 Å². The normalized spacial score (nSPS) is 33.2. The summed E-state index contributed by atoms with van der Waals surface area (Å²) in [6.07, 6.45) is 5.44. The maximum Gasteiger partial charge on any atom is 0.0585 e. The number of nitrogens with zero attached hydrogens (tertiary/aromatic N) is 1. The molecule has 0 aromatic carbocycles. The molecule has 0 aromatic heterocycles. The second-order valence-corrected chi connectivity index (χ2v) is 5.17. The first kappa shape index (κ1) is 11.4. The molecule has 1 saturated carbocycles. The van der Waals surface area contributed by atoms with Crippen LogP contribution in [0.2, 0.25) is 0 Å². The Bertz CT molecular complexity index is 182. The Morgan fingerprint density at radius 3 is 2.53 bits per heavy atom. The van der Waals surface area contributed by atoms with Crippen LogP contribution in [-0.4, -0.2) is 49.3 Å². The van der Waals surface area contributed by atoms with Crippen molar-refractivity contribution in [3.8, 4) is 0 Å². The van der Waals surface area contributed by atoms with Gasteiger partial charge in [0.1, 0.15) is 0 Å². The lowest BCUT2D eigenvalue weighted by molar-refractivity contribution is 0.219. The van der Waals surface area contributed by atoms with E-state index in [9.17, 15) is 0 Å². The van der Waals surface area contributed by atoms with E-state index < -0.39 is 0 Å². The molecule has 0 amide bonds. The van der Waals surface area contributed by atoms with Gasteiger partial charge in [-0.25, -0.2) is 0 Å². The molecular weight excluding hydrogens is 188 g/mol. The third-order valence-corrected chi connectivity index (χ3v) is 4.22. The number of rotatable bonds is 5. The molecule has 2 aliphatic rings. The average molecular weight is 212 g/mol. The van der Waals surface area contributed by atoms with E-state index >= 15 is 0 Å². The fourth-order valence-electron chi connectivity index (χ4n) is 3.18. The second-order valence-electron chi connectivity index (χ2n) is 5.17. The lowest BCUT2D eigenvalue weighted by atomic mass is 10.0. The highest BCUT2D eigenvalue weighted by Crippen LogP contribution is 2.37. The first-order chi connectivity index (χ1) is 7.33. The highest BCUT2D eigenvalue weighted by Gasteiger charge is 2.35. The lowest BCUT2D eigenvalue weighted by Gasteiger charge is -2.20. The Morgan fingerprint density at radius 2 is 2.00 bits per heavy atom. The minimum absolute atomic E-state index is 0.261. The SMILES string of the molecule is CNC(CO)CCN1CC2CCCC2C1. The molecule has 0 spiro atoms. The van der Waals surface area contributed by atoms with Crippen molar-refractivity contribution in [2.24, 2.45) is 11.8 Å². The van der Waals surface area contributed by atoms with E-state index in [2.05, 4.69) is 10.2 Å². The molecule has 2 fully saturated rings. The summed E-state index contributed by atoms with van der Waals surface area (Å²) in [6, 6.07) is 0.283. The molecule has 3 unspecified atom stereocenters. The molecule has 0 bridgehead atoms. The molecule has 3 atom stereocenters. The summed E-state index contributed by atoms with van der Waals surface area (Å²) in [5.74, 6) is 1.99. The van der Waals surface area contributed by atoms with Crippen molar-refractivity contribution in [1.82, 2.24) is 10.2 Å². The predicted molar refractivity (Wildman–Crippen MR) is 61.8 cm³/mol. The van der Waals surface area contributed by atoms with Crippen molar-refractivity contribution in [2.45, 2.75) is 31.7 Å². The van der Waals surface area contributed by atoms with Gasteiger partial charge in [-0.15, -0.1) is 0 Å². The van der Waals surface area contributed by atoms with Gasteiger partial charge in [-0.05, 0) is 44.7 Å². The van der Waals surface area contributed by atoms with Crippen molar-refractivity contribution in [2.75, 3.05) is 33.3 Å². The Hall–Kier alpha value is -0.120. The predicted octanol–water partition coefficient (Wildman–Crippen LogP) is 0.689. The van der Waals surface area contributed by atoms with Gasteiger partial charge in [0.15, 0.2) is 0 Å². The van der Waals surface area contributed by atoms with Crippen molar-refractivity contribution in [1.29, 1.82) is 0 Å². The number of aliphatic hydroxyl groups excluding tert-OH is 1. The van der Waals surface area contributed by atoms with Crippen LogP contribution in [0.5, 0.6) is 0 Å². The zero-order chi connectivity index (χ0) is 10.7. The average Bonchev–Trinajstić information content (AvgIpc) is 2.79. The minimum atomic E-state index is 0.261. The van der Waals surface area contributed by atoms with Gasteiger partial charge in [0.25, 0.3) is 0 Å². The van der Waals surface area contributed by atoms with E-state index in [1.165, 1.54) is 32.4 Å². The Balaban J connectivity index is 1.68. The van der Waals surface area contributed by atoms with Gasteiger partial charge in [-0.3, -0.25) is 0 Å². The molecule has 0 aromatic rings. The molecule has 1 saturated heterocycles. The maximum absolute atomic E-state index is 9.08. The Labute approximate surface area is 92.8 Å². The monoisotopic (exact) mass is 212 g/mol. The largest absolute Gasteiger partial charge is 0.395 e. The molecular formula is C12H24N2O. The minimum Gasteiger partial charge on any atom is -0.395 e. The number of likely N-dealkylation sites (tertiary alicyclic amines) is 1. The Morgan fingerprint density at radius 1 is 1.33 bits per heavy atom. The molecule has 3 nitrogen and oxygen atoms in total. The van der Waals surface area contributed by atoms with Crippen LogP contribution in [0, 0.1) is 11.8 Å². The molecule has 15 heavy (non-hydrogen) atoms. The standard InChI is InChI=1S/C12H24N2O/c1-13-12(9-15)5-6-14-7-10-3-2-4-11(10)8-14/h10-13,15H,2-9H2,1H3. The van der Waals surface area contributed by atoms with Gasteiger partial charge in [0, 0.05) is 19.1 Å². The van der Waals surface area contributed by atoms with E-state index in [-0.39, 0.29) is 12.6 Å². The van der Waals surface area contributed by atoms with E-state index in [0.717, 1.165) is 24.8 Å². The van der Waals surface area contributed by atoms with E-state index in [0.29, 0.717) is 0 Å². The van der Waals surface area contributed by atoms with Gasteiger partial charge in [-0.1, -0.05) is 6.42 Å². The third kappa shape index (κ3) is 2.71. The second kappa shape index (κ2) is 5.28. The molecule has 1 aliphatic heterocycles. The third-order valence-electron chi connectivity index (χ3n) is 4.22. The number of hydrogen-bond donors (Lipinski definition) is 2. The smallest absolute Gasteiger partial charge is 0.0585 e. The van der Waals surface area contributed by atoms with Crippen LogP contribution >= 0.6 is 0 Å². The zero-order valence-corrected chi connectivity index (χ0v) is 9.78. The first-order valence-electron chi connectivity index (χ1n) is 6.34. The number of nitrogens with one attached hydrogen (secondary N) is 1. The molecule has 1 aliphatic carbocycles. The molecule has 1 heterocycles. The van der Waals surface area contributed by atoms with E-state index in [4.69, 9.17) is 5.11 Å². The highest BCUT2D eigenvalue weighted by atomic mass is 16.3. The van der Waals surface area contributed by atoms with Gasteiger partial charge in [0.2, 0.25) is 0 Å². The maximum atomic E-state index is 9.08. The van der Waals surface area contributed by atoms with Crippen LogP contribution in [0.4, 0.5) is 0 Å². The topological polar surface area (TPSA) is 35.5 Å². The molecule has 2 N–H and O–H groups in total. The van der Waals surface area contributed by atoms with Crippen LogP contribution in [-0.2, 0) is 0 Å². The van der Waals surface area contributed by atoms with Gasteiger partial charge < -0.3 is 15.3 Å². The zero-order valence-electron chi connectivity index (χ0n) is 9.78. The number of likely N-dealkylation sites (N-methyl/N-ethyl adjacent to an activating group) is 1. The molecule has 3 heteroatoms. The number of fused-ring (bicyclic) bond motifs is 1. The quantitative estimate of drug-likeness (QED) is 0.704. The fourth-order valence-corrected chi connectivity index (χ4v) is 3.18. The summed E-state index contributed by atoms with van der Waals surface area (Å²) >= 11 is 0. The summed E-state index contributed by atoms with van der Waals surface area (Å²) < 4.78 is 0.